The summed E-state index contributed by atoms with van der Waals surface area (Å²) in [6, 6.07) is 19.6. The monoisotopic (exact) mass is 425 g/mol. The van der Waals surface area contributed by atoms with Gasteiger partial charge in [0.1, 0.15) is 0 Å². The van der Waals surface area contributed by atoms with Gasteiger partial charge in [-0.1, -0.05) is 54.6 Å². The third kappa shape index (κ3) is 3.96. The first kappa shape index (κ1) is 20.5. The van der Waals surface area contributed by atoms with Crippen molar-refractivity contribution in [3.63, 3.8) is 0 Å². The minimum Gasteiger partial charge on any atom is -0.481 e. The van der Waals surface area contributed by atoms with Gasteiger partial charge in [-0.05, 0) is 46.9 Å². The maximum absolute atomic E-state index is 13.1. The zero-order valence-corrected chi connectivity index (χ0v) is 17.2. The fraction of sp³-hybridized carbons (Fsp3) is 0.261. The Balaban J connectivity index is 1.53. The van der Waals surface area contributed by atoms with Crippen LogP contribution in [0.2, 0.25) is 0 Å². The van der Waals surface area contributed by atoms with E-state index in [4.69, 9.17) is 5.11 Å². The lowest BCUT2D eigenvalue weighted by Gasteiger charge is -2.38. The Morgan fingerprint density at radius 3 is 2.33 bits per heavy atom. The van der Waals surface area contributed by atoms with Crippen molar-refractivity contribution in [2.24, 2.45) is 0 Å². The predicted octanol–water partition coefficient (Wildman–Crippen LogP) is 3.14. The molecule has 0 bridgehead atoms. The van der Waals surface area contributed by atoms with Crippen molar-refractivity contribution < 1.29 is 23.4 Å². The van der Waals surface area contributed by atoms with E-state index in [0.29, 0.717) is 11.1 Å². The third-order valence-electron chi connectivity index (χ3n) is 5.73. The summed E-state index contributed by atoms with van der Waals surface area (Å²) in [6.07, 6.45) is 0.374. The van der Waals surface area contributed by atoms with Gasteiger partial charge in [-0.2, -0.15) is 4.31 Å². The second-order valence-electron chi connectivity index (χ2n) is 7.72. The van der Waals surface area contributed by atoms with Crippen LogP contribution in [0.5, 0.6) is 0 Å². The van der Waals surface area contributed by atoms with Crippen molar-refractivity contribution in [3.8, 4) is 0 Å². The molecule has 0 aliphatic carbocycles. The number of carbonyl (C=O) groups is 1. The van der Waals surface area contributed by atoms with Crippen LogP contribution in [0.4, 0.5) is 0 Å². The van der Waals surface area contributed by atoms with Crippen molar-refractivity contribution in [2.45, 2.75) is 29.8 Å². The molecule has 2 N–H and O–H groups in total. The molecular formula is C23H23NO5S. The van der Waals surface area contributed by atoms with Crippen LogP contribution in [0.15, 0.2) is 71.6 Å². The van der Waals surface area contributed by atoms with Crippen LogP contribution in [-0.2, 0) is 26.8 Å². The number of carboxylic acids is 1. The predicted molar refractivity (Wildman–Crippen MR) is 114 cm³/mol. The Morgan fingerprint density at radius 1 is 0.933 bits per heavy atom. The standard InChI is InChI=1S/C23H23NO5S/c25-22(26)15-17-4-3-7-20(14-17)23(27)10-12-24(13-11-23)30(28,29)21-9-8-18-5-1-2-6-19(18)16-21/h1-9,14,16,27H,10-13,15H2,(H,25,26). The van der Waals surface area contributed by atoms with Crippen LogP contribution < -0.4 is 0 Å². The molecule has 30 heavy (non-hydrogen) atoms. The average molecular weight is 426 g/mol. The molecule has 7 heteroatoms. The lowest BCUT2D eigenvalue weighted by molar-refractivity contribution is -0.136. The number of piperidine rings is 1. The Kier molecular flexibility index (Phi) is 5.36. The molecule has 0 amide bonds. The van der Waals surface area contributed by atoms with Crippen molar-refractivity contribution in [1.82, 2.24) is 4.31 Å². The summed E-state index contributed by atoms with van der Waals surface area (Å²) in [4.78, 5) is 11.2. The Hall–Kier alpha value is -2.74. The highest BCUT2D eigenvalue weighted by Crippen LogP contribution is 2.35. The first-order valence-corrected chi connectivity index (χ1v) is 11.2. The Morgan fingerprint density at radius 2 is 1.63 bits per heavy atom. The molecule has 1 aliphatic rings. The van der Waals surface area contributed by atoms with Gasteiger partial charge in [-0.15, -0.1) is 0 Å². The first-order chi connectivity index (χ1) is 14.3. The highest BCUT2D eigenvalue weighted by Gasteiger charge is 2.38. The summed E-state index contributed by atoms with van der Waals surface area (Å²) in [6.45, 7) is 0.379. The van der Waals surface area contributed by atoms with Crippen LogP contribution in [-0.4, -0.2) is 42.0 Å². The van der Waals surface area contributed by atoms with Crippen LogP contribution in [0, 0.1) is 0 Å². The van der Waals surface area contributed by atoms with E-state index in [0.717, 1.165) is 10.8 Å². The minimum absolute atomic E-state index is 0.119. The number of fused-ring (bicyclic) bond motifs is 1. The van der Waals surface area contributed by atoms with Gasteiger partial charge in [0.2, 0.25) is 10.0 Å². The topological polar surface area (TPSA) is 94.9 Å². The molecule has 4 rings (SSSR count). The summed E-state index contributed by atoms with van der Waals surface area (Å²) in [5.74, 6) is -0.935. The van der Waals surface area contributed by atoms with Gasteiger partial charge < -0.3 is 10.2 Å². The minimum atomic E-state index is -3.67. The van der Waals surface area contributed by atoms with Crippen molar-refractivity contribution in [3.05, 3.63) is 77.9 Å². The molecule has 1 aliphatic heterocycles. The molecule has 1 heterocycles. The van der Waals surface area contributed by atoms with Gasteiger partial charge in [0.25, 0.3) is 0 Å². The fourth-order valence-corrected chi connectivity index (χ4v) is 5.48. The van der Waals surface area contributed by atoms with Gasteiger partial charge in [0.05, 0.1) is 16.9 Å². The Labute approximate surface area is 175 Å². The molecule has 0 unspecified atom stereocenters. The van der Waals surface area contributed by atoms with E-state index in [1.807, 2.05) is 24.3 Å². The number of hydrogen-bond donors (Lipinski definition) is 2. The average Bonchev–Trinajstić information content (AvgIpc) is 2.73. The van der Waals surface area contributed by atoms with Gasteiger partial charge in [0.15, 0.2) is 0 Å². The zero-order valence-electron chi connectivity index (χ0n) is 16.4. The molecule has 6 nitrogen and oxygen atoms in total. The quantitative estimate of drug-likeness (QED) is 0.655. The maximum atomic E-state index is 13.1. The molecule has 3 aromatic carbocycles. The molecule has 0 atom stereocenters. The van der Waals surface area contributed by atoms with Crippen LogP contribution in [0.25, 0.3) is 10.8 Å². The number of sulfonamides is 1. The number of benzene rings is 3. The lowest BCUT2D eigenvalue weighted by Crippen LogP contribution is -2.45. The summed E-state index contributed by atoms with van der Waals surface area (Å²) in [7, 11) is -3.67. The van der Waals surface area contributed by atoms with E-state index in [2.05, 4.69) is 0 Å². The van der Waals surface area contributed by atoms with E-state index >= 15 is 0 Å². The van der Waals surface area contributed by atoms with E-state index in [-0.39, 0.29) is 37.2 Å². The van der Waals surface area contributed by atoms with Gasteiger partial charge >= 0.3 is 5.97 Å². The molecule has 0 aromatic heterocycles. The number of aliphatic hydroxyl groups is 1. The SMILES string of the molecule is O=C(O)Cc1cccc(C2(O)CCN(S(=O)(=O)c3ccc4ccccc4c3)CC2)c1. The second kappa shape index (κ2) is 7.83. The van der Waals surface area contributed by atoms with Crippen LogP contribution in [0.1, 0.15) is 24.0 Å². The van der Waals surface area contributed by atoms with Gasteiger partial charge in [-0.25, -0.2) is 8.42 Å². The smallest absolute Gasteiger partial charge is 0.307 e. The highest BCUT2D eigenvalue weighted by atomic mass is 32.2. The summed E-state index contributed by atoms with van der Waals surface area (Å²) >= 11 is 0. The molecule has 0 radical (unpaired) electrons. The molecule has 1 saturated heterocycles. The summed E-state index contributed by atoms with van der Waals surface area (Å²) in [5, 5.41) is 22.0. The number of carboxylic acid groups (broad SMARTS) is 1. The van der Waals surface area contributed by atoms with E-state index in [1.54, 1.807) is 42.5 Å². The third-order valence-corrected chi connectivity index (χ3v) is 7.62. The molecule has 0 spiro atoms. The van der Waals surface area contributed by atoms with Gasteiger partial charge in [0, 0.05) is 13.1 Å². The lowest BCUT2D eigenvalue weighted by atomic mass is 9.84. The van der Waals surface area contributed by atoms with E-state index in [1.165, 1.54) is 4.31 Å². The summed E-state index contributed by atoms with van der Waals surface area (Å²) < 4.78 is 27.7. The number of hydrogen-bond acceptors (Lipinski definition) is 4. The maximum Gasteiger partial charge on any atom is 0.307 e. The summed E-state index contributed by atoms with van der Waals surface area (Å²) in [5.41, 5.74) is 0.0628. The normalized spacial score (nSPS) is 17.1. The van der Waals surface area contributed by atoms with Crippen molar-refractivity contribution in [1.29, 1.82) is 0 Å². The largest absolute Gasteiger partial charge is 0.481 e. The van der Waals surface area contributed by atoms with E-state index in [9.17, 15) is 18.3 Å². The van der Waals surface area contributed by atoms with Crippen molar-refractivity contribution >= 4 is 26.8 Å². The highest BCUT2D eigenvalue weighted by molar-refractivity contribution is 7.89. The van der Waals surface area contributed by atoms with E-state index < -0.39 is 21.6 Å². The first-order valence-electron chi connectivity index (χ1n) is 9.80. The second-order valence-corrected chi connectivity index (χ2v) is 9.65. The van der Waals surface area contributed by atoms with Gasteiger partial charge in [-0.3, -0.25) is 4.79 Å². The molecule has 3 aromatic rings. The van der Waals surface area contributed by atoms with Crippen molar-refractivity contribution in [2.75, 3.05) is 13.1 Å². The number of rotatable bonds is 5. The molecule has 1 fully saturated rings. The number of aliphatic carboxylic acids is 1. The van der Waals surface area contributed by atoms with Crippen LogP contribution in [0.3, 0.4) is 0 Å². The molecular weight excluding hydrogens is 402 g/mol. The Bertz CT molecular complexity index is 1200. The number of nitrogens with zero attached hydrogens (tertiary/aromatic N) is 1. The fourth-order valence-electron chi connectivity index (χ4n) is 4.01. The molecule has 156 valence electrons. The molecule has 0 saturated carbocycles. The zero-order chi connectivity index (χ0) is 21.4. The van der Waals surface area contributed by atoms with Crippen LogP contribution >= 0.6 is 0 Å².